The van der Waals surface area contributed by atoms with Crippen molar-refractivity contribution in [3.8, 4) is 17.1 Å². The number of aryl methyl sites for hydroxylation is 1. The molecule has 0 saturated heterocycles. The molecule has 3 N–H and O–H groups in total. The van der Waals surface area contributed by atoms with Crippen LogP contribution in [0, 0.1) is 0 Å². The molecule has 35 heavy (non-hydrogen) atoms. The van der Waals surface area contributed by atoms with Crippen molar-refractivity contribution in [2.75, 3.05) is 18.5 Å². The van der Waals surface area contributed by atoms with Gasteiger partial charge in [0.1, 0.15) is 17.2 Å². The van der Waals surface area contributed by atoms with Crippen LogP contribution in [0.1, 0.15) is 72.1 Å². The Balaban J connectivity index is 2.14. The Morgan fingerprint density at radius 1 is 1.11 bits per heavy atom. The molecule has 1 aromatic carbocycles. The highest BCUT2D eigenvalue weighted by molar-refractivity contribution is 5.91. The van der Waals surface area contributed by atoms with Crippen LogP contribution in [0.15, 0.2) is 23.0 Å². The average Bonchev–Trinajstić information content (AvgIpc) is 2.79. The summed E-state index contributed by atoms with van der Waals surface area (Å²) in [4.78, 5) is 44.4. The van der Waals surface area contributed by atoms with Gasteiger partial charge in [-0.15, -0.1) is 0 Å². The van der Waals surface area contributed by atoms with Gasteiger partial charge in [-0.05, 0) is 64.7 Å². The third-order valence-corrected chi connectivity index (χ3v) is 5.02. The summed E-state index contributed by atoms with van der Waals surface area (Å²) in [7, 11) is 0. The molecule has 2 rings (SSSR count). The lowest BCUT2D eigenvalue weighted by molar-refractivity contribution is -0.116. The molecular formula is C26H38N4O5. The molecule has 9 heteroatoms. The van der Waals surface area contributed by atoms with Gasteiger partial charge < -0.3 is 25.1 Å². The van der Waals surface area contributed by atoms with Crippen molar-refractivity contribution < 1.29 is 19.1 Å². The summed E-state index contributed by atoms with van der Waals surface area (Å²) in [6, 6.07) is 5.28. The van der Waals surface area contributed by atoms with Gasteiger partial charge >= 0.3 is 6.09 Å². The predicted octanol–water partition coefficient (Wildman–Crippen LogP) is 4.59. The third kappa shape index (κ3) is 8.73. The molecule has 0 aliphatic carbocycles. The van der Waals surface area contributed by atoms with Gasteiger partial charge in [0.25, 0.3) is 5.56 Å². The van der Waals surface area contributed by atoms with Crippen molar-refractivity contribution >= 4 is 17.7 Å². The van der Waals surface area contributed by atoms with Crippen LogP contribution in [-0.2, 0) is 22.4 Å². The van der Waals surface area contributed by atoms with E-state index in [1.165, 1.54) is 0 Å². The maximum Gasteiger partial charge on any atom is 0.407 e. The first-order chi connectivity index (χ1) is 16.6. The second-order valence-corrected chi connectivity index (χ2v) is 9.19. The number of aromatic nitrogens is 2. The fourth-order valence-corrected chi connectivity index (χ4v) is 3.44. The van der Waals surface area contributed by atoms with Crippen molar-refractivity contribution in [2.45, 2.75) is 79.2 Å². The largest absolute Gasteiger partial charge is 0.493 e. The molecule has 0 bridgehead atoms. The summed E-state index contributed by atoms with van der Waals surface area (Å²) in [6.07, 6.45) is 2.24. The number of benzene rings is 1. The lowest BCUT2D eigenvalue weighted by Gasteiger charge is -2.19. The first kappa shape index (κ1) is 27.9. The Bertz CT molecular complexity index is 1070. The van der Waals surface area contributed by atoms with E-state index in [4.69, 9.17) is 9.47 Å². The fraction of sp³-hybridized carbons (Fsp3) is 0.538. The van der Waals surface area contributed by atoms with E-state index in [1.54, 1.807) is 39.0 Å². The number of ether oxygens (including phenoxy) is 2. The monoisotopic (exact) mass is 486 g/mol. The number of H-pyrrole nitrogens is 1. The molecule has 2 amide bonds. The molecular weight excluding hydrogens is 448 g/mol. The van der Waals surface area contributed by atoms with E-state index < -0.39 is 11.7 Å². The van der Waals surface area contributed by atoms with Crippen LogP contribution in [0.4, 0.5) is 10.5 Å². The van der Waals surface area contributed by atoms with Crippen molar-refractivity contribution in [1.29, 1.82) is 0 Å². The van der Waals surface area contributed by atoms with Gasteiger partial charge in [0, 0.05) is 24.2 Å². The SMILES string of the molecule is CCCOc1ccc(NC(=O)CCCNC(=O)OC(C)(C)C)cc1-c1nc(CC)c(CC)c(=O)[nH]1. The number of aromatic amines is 1. The number of alkyl carbamates (subject to hydrolysis) is 1. The normalized spacial score (nSPS) is 11.1. The lowest BCUT2D eigenvalue weighted by atomic mass is 10.1. The number of hydrogen-bond acceptors (Lipinski definition) is 6. The summed E-state index contributed by atoms with van der Waals surface area (Å²) >= 11 is 0. The van der Waals surface area contributed by atoms with Crippen LogP contribution in [0.5, 0.6) is 5.75 Å². The Kier molecular flexibility index (Phi) is 10.3. The number of amides is 2. The van der Waals surface area contributed by atoms with Gasteiger partial charge in [0.2, 0.25) is 5.91 Å². The van der Waals surface area contributed by atoms with Gasteiger partial charge in [0.05, 0.1) is 17.9 Å². The molecule has 0 aliphatic heterocycles. The van der Waals surface area contributed by atoms with Gasteiger partial charge in [-0.3, -0.25) is 9.59 Å². The molecule has 0 unspecified atom stereocenters. The van der Waals surface area contributed by atoms with E-state index in [0.717, 1.165) is 12.1 Å². The van der Waals surface area contributed by atoms with E-state index in [0.29, 0.717) is 60.8 Å². The van der Waals surface area contributed by atoms with Crippen molar-refractivity contribution in [3.05, 3.63) is 39.8 Å². The first-order valence-electron chi connectivity index (χ1n) is 12.2. The Morgan fingerprint density at radius 3 is 2.49 bits per heavy atom. The highest BCUT2D eigenvalue weighted by atomic mass is 16.6. The predicted molar refractivity (Wildman–Crippen MR) is 137 cm³/mol. The first-order valence-corrected chi connectivity index (χ1v) is 12.2. The van der Waals surface area contributed by atoms with E-state index in [2.05, 4.69) is 20.6 Å². The molecule has 0 spiro atoms. The van der Waals surface area contributed by atoms with Gasteiger partial charge in [0.15, 0.2) is 0 Å². The van der Waals surface area contributed by atoms with E-state index in [9.17, 15) is 14.4 Å². The summed E-state index contributed by atoms with van der Waals surface area (Å²) in [5.41, 5.74) is 1.87. The molecule has 9 nitrogen and oxygen atoms in total. The molecule has 2 aromatic rings. The highest BCUT2D eigenvalue weighted by Crippen LogP contribution is 2.31. The van der Waals surface area contributed by atoms with Crippen molar-refractivity contribution in [3.63, 3.8) is 0 Å². The third-order valence-electron chi connectivity index (χ3n) is 5.02. The van der Waals surface area contributed by atoms with Crippen molar-refractivity contribution in [2.24, 2.45) is 0 Å². The maximum atomic E-state index is 12.6. The topological polar surface area (TPSA) is 122 Å². The van der Waals surface area contributed by atoms with Crippen LogP contribution in [0.3, 0.4) is 0 Å². The number of carbonyl (C=O) groups is 2. The molecule has 1 aromatic heterocycles. The molecule has 0 saturated carbocycles. The van der Waals surface area contributed by atoms with Crippen molar-refractivity contribution in [1.82, 2.24) is 15.3 Å². The maximum absolute atomic E-state index is 12.6. The Labute approximate surface area is 207 Å². The van der Waals surface area contributed by atoms with Gasteiger partial charge in [-0.25, -0.2) is 9.78 Å². The number of nitrogens with one attached hydrogen (secondary N) is 3. The highest BCUT2D eigenvalue weighted by Gasteiger charge is 2.17. The number of carbonyl (C=O) groups excluding carboxylic acids is 2. The van der Waals surface area contributed by atoms with E-state index in [1.807, 2.05) is 20.8 Å². The minimum atomic E-state index is -0.569. The average molecular weight is 487 g/mol. The zero-order chi connectivity index (χ0) is 26.0. The van der Waals surface area contributed by atoms with E-state index in [-0.39, 0.29) is 17.9 Å². The molecule has 1 heterocycles. The standard InChI is InChI=1S/C26H38N4O5/c1-7-15-34-21-13-12-17(28-22(31)11-10-14-27-25(33)35-26(4,5)6)16-19(21)23-29-20(9-3)18(8-2)24(32)30-23/h12-13,16H,7-11,14-15H2,1-6H3,(H,27,33)(H,28,31)(H,29,30,32). The van der Waals surface area contributed by atoms with E-state index >= 15 is 0 Å². The quantitative estimate of drug-likeness (QED) is 0.399. The summed E-state index contributed by atoms with van der Waals surface area (Å²) in [5.74, 6) is 0.801. The molecule has 0 radical (unpaired) electrons. The Morgan fingerprint density at radius 2 is 1.86 bits per heavy atom. The second-order valence-electron chi connectivity index (χ2n) is 9.19. The van der Waals surface area contributed by atoms with Crippen LogP contribution in [0.25, 0.3) is 11.4 Å². The minimum Gasteiger partial charge on any atom is -0.493 e. The molecule has 0 atom stereocenters. The summed E-state index contributed by atoms with van der Waals surface area (Å²) < 4.78 is 11.1. The fourth-order valence-electron chi connectivity index (χ4n) is 3.44. The zero-order valence-corrected chi connectivity index (χ0v) is 21.7. The molecule has 192 valence electrons. The summed E-state index contributed by atoms with van der Waals surface area (Å²) in [5, 5.41) is 5.51. The zero-order valence-electron chi connectivity index (χ0n) is 21.7. The lowest BCUT2D eigenvalue weighted by Crippen LogP contribution is -2.33. The number of anilines is 1. The molecule has 0 fully saturated rings. The smallest absolute Gasteiger partial charge is 0.407 e. The number of nitrogens with zero attached hydrogens (tertiary/aromatic N) is 1. The Hall–Kier alpha value is -3.36. The number of hydrogen-bond donors (Lipinski definition) is 3. The van der Waals surface area contributed by atoms with Crippen LogP contribution < -0.4 is 20.9 Å². The second kappa shape index (κ2) is 12.9. The van der Waals surface area contributed by atoms with Crippen LogP contribution in [0.2, 0.25) is 0 Å². The number of rotatable bonds is 11. The van der Waals surface area contributed by atoms with Gasteiger partial charge in [-0.1, -0.05) is 20.8 Å². The minimum absolute atomic E-state index is 0.164. The van der Waals surface area contributed by atoms with Gasteiger partial charge in [-0.2, -0.15) is 0 Å². The molecule has 0 aliphatic rings. The van der Waals surface area contributed by atoms with Crippen LogP contribution in [-0.4, -0.2) is 40.7 Å². The summed E-state index contributed by atoms with van der Waals surface area (Å²) in [6.45, 7) is 12.1. The van der Waals surface area contributed by atoms with Crippen LogP contribution >= 0.6 is 0 Å².